The van der Waals surface area contributed by atoms with Crippen LogP contribution in [-0.4, -0.2) is 72.4 Å². The predicted molar refractivity (Wildman–Crippen MR) is 117 cm³/mol. The van der Waals surface area contributed by atoms with E-state index in [1.54, 1.807) is 12.1 Å². The summed E-state index contributed by atoms with van der Waals surface area (Å²) < 4.78 is 0. The zero-order chi connectivity index (χ0) is 24.3. The van der Waals surface area contributed by atoms with Crippen molar-refractivity contribution in [1.29, 1.82) is 0 Å². The highest BCUT2D eigenvalue weighted by Gasteiger charge is 2.50. The van der Waals surface area contributed by atoms with Gasteiger partial charge < -0.3 is 21.3 Å². The van der Waals surface area contributed by atoms with E-state index < -0.39 is 35.2 Å². The van der Waals surface area contributed by atoms with Crippen LogP contribution in [0.1, 0.15) is 22.5 Å². The minimum Gasteiger partial charge on any atom is -0.481 e. The first-order chi connectivity index (χ1) is 15.5. The molecule has 13 nitrogen and oxygen atoms in total. The molecule has 0 aliphatic carbocycles. The number of likely N-dealkylation sites (N-methyl/N-ethyl adjacent to an activating group) is 1. The second-order valence-corrected chi connectivity index (χ2v) is 7.38. The molecule has 2 heterocycles. The third kappa shape index (κ3) is 4.62. The Morgan fingerprint density at radius 1 is 1.15 bits per heavy atom. The number of anilines is 2. The fourth-order valence-electron chi connectivity index (χ4n) is 3.25. The number of aliphatic carboxylic acids is 2. The second kappa shape index (κ2) is 9.00. The maximum Gasteiger partial charge on any atom is 0.332 e. The topological polar surface area (TPSA) is 204 Å². The normalized spacial score (nSPS) is 12.9. The number of carboxylic acid groups (broad SMARTS) is 2. The molecule has 0 unspecified atom stereocenters. The molecule has 0 spiro atoms. The van der Waals surface area contributed by atoms with E-state index in [9.17, 15) is 24.3 Å². The van der Waals surface area contributed by atoms with Gasteiger partial charge in [-0.3, -0.25) is 24.3 Å². The number of benzene rings is 1. The van der Waals surface area contributed by atoms with Gasteiger partial charge in [-0.15, -0.1) is 0 Å². The lowest BCUT2D eigenvalue weighted by Crippen LogP contribution is -2.58. The molecular formula is C20H21N7O6. The number of H-pyrrole nitrogens is 1. The Labute approximate surface area is 186 Å². The summed E-state index contributed by atoms with van der Waals surface area (Å²) in [7, 11) is 2.68. The highest BCUT2D eigenvalue weighted by molar-refractivity contribution is 6.17. The lowest BCUT2D eigenvalue weighted by molar-refractivity contribution is -0.153. The van der Waals surface area contributed by atoms with Gasteiger partial charge in [-0.25, -0.2) is 14.8 Å². The van der Waals surface area contributed by atoms with Crippen LogP contribution in [0.5, 0.6) is 0 Å². The number of carbonyl (C=O) groups excluding carboxylic acids is 1. The standard InChI is InChI=1S/C20H21N7O6/c1-27(2)20(18(32)33,7-13(28)29)15(30)10-3-5-11(6-4-10)22-8-12-9-23-16-14(24-12)17(31)26-19(21)25-16/h3-6,9,22H,7-8H2,1-2H3,(H,28,29)(H,32,33)(H3,21,23,25,26,31)/t20-/m1/s1. The van der Waals surface area contributed by atoms with Gasteiger partial charge >= 0.3 is 11.9 Å². The zero-order valence-electron chi connectivity index (χ0n) is 17.7. The molecule has 172 valence electrons. The van der Waals surface area contributed by atoms with Crippen molar-refractivity contribution in [3.05, 3.63) is 52.1 Å². The molecule has 3 rings (SSSR count). The van der Waals surface area contributed by atoms with E-state index in [1.807, 2.05) is 0 Å². The van der Waals surface area contributed by atoms with Crippen molar-refractivity contribution in [2.75, 3.05) is 25.1 Å². The van der Waals surface area contributed by atoms with Crippen LogP contribution >= 0.6 is 0 Å². The van der Waals surface area contributed by atoms with E-state index in [4.69, 9.17) is 10.8 Å². The summed E-state index contributed by atoms with van der Waals surface area (Å²) in [5, 5.41) is 21.9. The number of hydrogen-bond donors (Lipinski definition) is 5. The van der Waals surface area contributed by atoms with Gasteiger partial charge in [0.05, 0.1) is 24.9 Å². The molecular weight excluding hydrogens is 434 g/mol. The van der Waals surface area contributed by atoms with Gasteiger partial charge in [0, 0.05) is 11.3 Å². The first-order valence-corrected chi connectivity index (χ1v) is 9.57. The van der Waals surface area contributed by atoms with Gasteiger partial charge in [0.15, 0.2) is 22.5 Å². The van der Waals surface area contributed by atoms with Crippen LogP contribution in [0, 0.1) is 0 Å². The predicted octanol–water partition coefficient (Wildman–Crippen LogP) is -0.0502. The van der Waals surface area contributed by atoms with Crippen LogP contribution in [0.3, 0.4) is 0 Å². The van der Waals surface area contributed by atoms with Gasteiger partial charge in [0.25, 0.3) is 5.56 Å². The number of aromatic nitrogens is 4. The number of rotatable bonds is 9. The van der Waals surface area contributed by atoms with Crippen molar-refractivity contribution < 1.29 is 24.6 Å². The number of nitrogens with zero attached hydrogens (tertiary/aromatic N) is 4. The molecule has 1 aromatic carbocycles. The summed E-state index contributed by atoms with van der Waals surface area (Å²) >= 11 is 0. The summed E-state index contributed by atoms with van der Waals surface area (Å²) in [6.45, 7) is 0.190. The van der Waals surface area contributed by atoms with Gasteiger partial charge in [-0.1, -0.05) is 0 Å². The molecule has 0 radical (unpaired) electrons. The molecule has 0 amide bonds. The molecule has 3 aromatic rings. The van der Waals surface area contributed by atoms with Crippen molar-refractivity contribution in [1.82, 2.24) is 24.8 Å². The van der Waals surface area contributed by atoms with Crippen molar-refractivity contribution in [2.24, 2.45) is 0 Å². The lowest BCUT2D eigenvalue weighted by atomic mass is 9.84. The van der Waals surface area contributed by atoms with Crippen LogP contribution in [0.4, 0.5) is 11.6 Å². The average Bonchev–Trinajstić information content (AvgIpc) is 2.75. The number of Topliss-reactive ketones (excluding diaryl/α,β-unsaturated/α-hetero) is 1. The fraction of sp³-hybridized carbons (Fsp3) is 0.250. The fourth-order valence-corrected chi connectivity index (χ4v) is 3.25. The van der Waals surface area contributed by atoms with Gasteiger partial charge in [-0.2, -0.15) is 4.98 Å². The van der Waals surface area contributed by atoms with Crippen LogP contribution in [-0.2, 0) is 16.1 Å². The second-order valence-electron chi connectivity index (χ2n) is 7.38. The molecule has 0 bridgehead atoms. The van der Waals surface area contributed by atoms with Crippen LogP contribution in [0.25, 0.3) is 11.2 Å². The summed E-state index contributed by atoms with van der Waals surface area (Å²) in [6, 6.07) is 5.88. The maximum absolute atomic E-state index is 13.0. The molecule has 2 aromatic heterocycles. The Balaban J connectivity index is 1.79. The quantitative estimate of drug-likeness (QED) is 0.213. The Morgan fingerprint density at radius 2 is 1.82 bits per heavy atom. The number of fused-ring (bicyclic) bond motifs is 1. The van der Waals surface area contributed by atoms with Crippen molar-refractivity contribution >= 4 is 40.5 Å². The molecule has 0 fully saturated rings. The number of carboxylic acids is 2. The Kier molecular flexibility index (Phi) is 6.35. The summed E-state index contributed by atoms with van der Waals surface area (Å²) in [5.74, 6) is -3.87. The Bertz CT molecular complexity index is 1290. The number of nitrogens with two attached hydrogens (primary N) is 1. The molecule has 13 heteroatoms. The number of carbonyl (C=O) groups is 3. The maximum atomic E-state index is 13.0. The van der Waals surface area contributed by atoms with Crippen LogP contribution < -0.4 is 16.6 Å². The number of aromatic amines is 1. The zero-order valence-corrected chi connectivity index (χ0v) is 17.7. The summed E-state index contributed by atoms with van der Waals surface area (Å²) in [4.78, 5) is 63.7. The highest BCUT2D eigenvalue weighted by Crippen LogP contribution is 2.25. The van der Waals surface area contributed by atoms with Crippen LogP contribution in [0.15, 0.2) is 35.3 Å². The minimum absolute atomic E-state index is 0.0385. The smallest absolute Gasteiger partial charge is 0.332 e. The number of hydrogen-bond acceptors (Lipinski definition) is 10. The summed E-state index contributed by atoms with van der Waals surface area (Å²) in [5.41, 5.74) is 3.93. The first kappa shape index (κ1) is 23.3. The van der Waals surface area contributed by atoms with E-state index in [0.717, 1.165) is 4.90 Å². The minimum atomic E-state index is -2.24. The van der Waals surface area contributed by atoms with E-state index in [1.165, 1.54) is 32.4 Å². The van der Waals surface area contributed by atoms with Crippen molar-refractivity contribution in [3.63, 3.8) is 0 Å². The molecule has 0 aliphatic rings. The molecule has 0 saturated carbocycles. The molecule has 33 heavy (non-hydrogen) atoms. The number of ketones is 1. The van der Waals surface area contributed by atoms with E-state index >= 15 is 0 Å². The largest absolute Gasteiger partial charge is 0.481 e. The Hall–Kier alpha value is -4.39. The van der Waals surface area contributed by atoms with Gasteiger partial charge in [0.1, 0.15) is 0 Å². The number of nitrogen functional groups attached to an aromatic ring is 1. The van der Waals surface area contributed by atoms with Gasteiger partial charge in [-0.05, 0) is 38.4 Å². The number of nitrogens with one attached hydrogen (secondary N) is 2. The molecule has 1 atom stereocenters. The van der Waals surface area contributed by atoms with Crippen molar-refractivity contribution in [2.45, 2.75) is 18.5 Å². The average molecular weight is 455 g/mol. The van der Waals surface area contributed by atoms with Crippen molar-refractivity contribution in [3.8, 4) is 0 Å². The SMILES string of the molecule is CN(C)[C@@](CC(=O)O)(C(=O)O)C(=O)c1ccc(NCc2cnc3nc(N)[nH]c(=O)c3n2)cc1. The third-order valence-corrected chi connectivity index (χ3v) is 5.01. The van der Waals surface area contributed by atoms with Gasteiger partial charge in [0.2, 0.25) is 5.95 Å². The molecule has 0 saturated heterocycles. The van der Waals surface area contributed by atoms with E-state index in [-0.39, 0.29) is 29.2 Å². The van der Waals surface area contributed by atoms with Crippen LogP contribution in [0.2, 0.25) is 0 Å². The van der Waals surface area contributed by atoms with E-state index in [0.29, 0.717) is 11.4 Å². The lowest BCUT2D eigenvalue weighted by Gasteiger charge is -2.33. The highest BCUT2D eigenvalue weighted by atomic mass is 16.4. The Morgan fingerprint density at radius 3 is 2.39 bits per heavy atom. The monoisotopic (exact) mass is 455 g/mol. The summed E-state index contributed by atoms with van der Waals surface area (Å²) in [6.07, 6.45) is 0.539. The third-order valence-electron chi connectivity index (χ3n) is 5.01. The van der Waals surface area contributed by atoms with E-state index in [2.05, 4.69) is 25.3 Å². The first-order valence-electron chi connectivity index (χ1n) is 9.57. The molecule has 6 N–H and O–H groups in total. The molecule has 0 aliphatic heterocycles.